The zero-order valence-electron chi connectivity index (χ0n) is 15.3. The van der Waals surface area contributed by atoms with Crippen molar-refractivity contribution in [2.45, 2.75) is 11.4 Å². The monoisotopic (exact) mass is 405 g/mol. The van der Waals surface area contributed by atoms with Gasteiger partial charge in [-0.15, -0.1) is 0 Å². The predicted octanol–water partition coefficient (Wildman–Crippen LogP) is 1.35. The Hall–Kier alpha value is -3.20. The van der Waals surface area contributed by atoms with Gasteiger partial charge in [0.05, 0.1) is 23.1 Å². The van der Waals surface area contributed by atoms with E-state index in [9.17, 15) is 22.8 Å². The van der Waals surface area contributed by atoms with E-state index in [1.165, 1.54) is 31.4 Å². The van der Waals surface area contributed by atoms with E-state index >= 15 is 0 Å². The summed E-state index contributed by atoms with van der Waals surface area (Å²) < 4.78 is 32.3. The molecular formula is C19H19NO7S. The van der Waals surface area contributed by atoms with Crippen molar-refractivity contribution in [1.29, 1.82) is 0 Å². The summed E-state index contributed by atoms with van der Waals surface area (Å²) in [6.45, 7) is -0.284. The van der Waals surface area contributed by atoms with Gasteiger partial charge >= 0.3 is 11.9 Å². The summed E-state index contributed by atoms with van der Waals surface area (Å²) in [6.07, 6.45) is 1.06. The highest BCUT2D eigenvalue weighted by molar-refractivity contribution is 7.90. The highest BCUT2D eigenvalue weighted by Gasteiger charge is 2.12. The summed E-state index contributed by atoms with van der Waals surface area (Å²) in [7, 11) is -2.07. The van der Waals surface area contributed by atoms with Crippen LogP contribution in [0, 0.1) is 0 Å². The van der Waals surface area contributed by atoms with E-state index in [0.717, 1.165) is 11.8 Å². The van der Waals surface area contributed by atoms with Crippen molar-refractivity contribution in [2.75, 3.05) is 20.0 Å². The second kappa shape index (κ2) is 9.14. The lowest BCUT2D eigenvalue weighted by Gasteiger charge is -2.08. The molecule has 0 aliphatic carbocycles. The van der Waals surface area contributed by atoms with Gasteiger partial charge in [0.15, 0.2) is 16.4 Å². The van der Waals surface area contributed by atoms with Gasteiger partial charge in [0.1, 0.15) is 0 Å². The summed E-state index contributed by atoms with van der Waals surface area (Å²) in [5, 5.41) is 2.59. The van der Waals surface area contributed by atoms with Crippen molar-refractivity contribution >= 4 is 27.7 Å². The van der Waals surface area contributed by atoms with Crippen LogP contribution in [0.2, 0.25) is 0 Å². The maximum absolute atomic E-state index is 11.9. The zero-order chi connectivity index (χ0) is 20.7. The van der Waals surface area contributed by atoms with Crippen LogP contribution in [-0.2, 0) is 30.7 Å². The van der Waals surface area contributed by atoms with Crippen molar-refractivity contribution < 1.29 is 32.3 Å². The SMILES string of the molecule is COC(=O)c1ccc(CNC(=O)COC(=O)c2ccc(S(C)(=O)=O)cc2)cc1. The maximum Gasteiger partial charge on any atom is 0.338 e. The molecule has 0 atom stereocenters. The van der Waals surface area contributed by atoms with Gasteiger partial charge in [-0.05, 0) is 42.0 Å². The molecule has 148 valence electrons. The molecule has 0 saturated carbocycles. The number of hydrogen-bond acceptors (Lipinski definition) is 7. The fraction of sp³-hybridized carbons (Fsp3) is 0.211. The molecule has 1 amide bonds. The number of sulfone groups is 1. The molecule has 0 aromatic heterocycles. The minimum atomic E-state index is -3.36. The van der Waals surface area contributed by atoms with Gasteiger partial charge in [-0.3, -0.25) is 4.79 Å². The van der Waals surface area contributed by atoms with Crippen LogP contribution in [0.1, 0.15) is 26.3 Å². The van der Waals surface area contributed by atoms with E-state index in [2.05, 4.69) is 10.1 Å². The smallest absolute Gasteiger partial charge is 0.338 e. The molecule has 0 saturated heterocycles. The van der Waals surface area contributed by atoms with Gasteiger partial charge in [-0.2, -0.15) is 0 Å². The van der Waals surface area contributed by atoms with Crippen LogP contribution in [0.15, 0.2) is 53.4 Å². The predicted molar refractivity (Wildman–Crippen MR) is 99.5 cm³/mol. The minimum Gasteiger partial charge on any atom is -0.465 e. The average Bonchev–Trinajstić information content (AvgIpc) is 2.69. The van der Waals surface area contributed by atoms with Crippen LogP contribution in [0.5, 0.6) is 0 Å². The first-order chi connectivity index (χ1) is 13.2. The molecule has 8 nitrogen and oxygen atoms in total. The van der Waals surface area contributed by atoms with Crippen LogP contribution >= 0.6 is 0 Å². The Morgan fingerprint density at radius 3 is 1.96 bits per heavy atom. The van der Waals surface area contributed by atoms with Gasteiger partial charge < -0.3 is 14.8 Å². The largest absolute Gasteiger partial charge is 0.465 e. The molecule has 2 aromatic rings. The third-order valence-corrected chi connectivity index (χ3v) is 4.85. The summed E-state index contributed by atoms with van der Waals surface area (Å²) >= 11 is 0. The van der Waals surface area contributed by atoms with Crippen LogP contribution in [0.4, 0.5) is 0 Å². The number of rotatable bonds is 7. The van der Waals surface area contributed by atoms with Gasteiger partial charge in [0.2, 0.25) is 0 Å². The van der Waals surface area contributed by atoms with E-state index in [-0.39, 0.29) is 17.0 Å². The lowest BCUT2D eigenvalue weighted by Crippen LogP contribution is -2.28. The number of hydrogen-bond donors (Lipinski definition) is 1. The molecular weight excluding hydrogens is 386 g/mol. The maximum atomic E-state index is 11.9. The second-order valence-electron chi connectivity index (χ2n) is 5.84. The highest BCUT2D eigenvalue weighted by Crippen LogP contribution is 2.11. The summed E-state index contributed by atoms with van der Waals surface area (Å²) in [5.74, 6) is -1.69. The van der Waals surface area contributed by atoms with Crippen LogP contribution in [0.3, 0.4) is 0 Å². The third-order valence-electron chi connectivity index (χ3n) is 3.72. The molecule has 28 heavy (non-hydrogen) atoms. The molecule has 0 aliphatic rings. The fourth-order valence-corrected chi connectivity index (χ4v) is 2.81. The molecule has 0 fully saturated rings. The summed E-state index contributed by atoms with van der Waals surface area (Å²) in [6, 6.07) is 11.7. The van der Waals surface area contributed by atoms with Crippen molar-refractivity contribution in [1.82, 2.24) is 5.32 Å². The lowest BCUT2D eigenvalue weighted by atomic mass is 10.1. The number of ether oxygens (including phenoxy) is 2. The minimum absolute atomic E-state index is 0.0833. The average molecular weight is 405 g/mol. The molecule has 0 spiro atoms. The van der Waals surface area contributed by atoms with Crippen LogP contribution < -0.4 is 5.32 Å². The van der Waals surface area contributed by atoms with E-state index in [1.807, 2.05) is 0 Å². The van der Waals surface area contributed by atoms with Gasteiger partial charge in [0.25, 0.3) is 5.91 Å². The van der Waals surface area contributed by atoms with Crippen LogP contribution in [0.25, 0.3) is 0 Å². The molecule has 1 N–H and O–H groups in total. The number of benzene rings is 2. The quantitative estimate of drug-likeness (QED) is 0.691. The Kier molecular flexibility index (Phi) is 6.89. The molecule has 0 heterocycles. The number of carbonyl (C=O) groups is 3. The zero-order valence-corrected chi connectivity index (χ0v) is 16.1. The lowest BCUT2D eigenvalue weighted by molar-refractivity contribution is -0.124. The normalized spacial score (nSPS) is 10.8. The van der Waals surface area contributed by atoms with Gasteiger partial charge in [-0.25, -0.2) is 18.0 Å². The second-order valence-corrected chi connectivity index (χ2v) is 7.85. The van der Waals surface area contributed by atoms with E-state index in [0.29, 0.717) is 5.56 Å². The molecule has 2 aromatic carbocycles. The molecule has 0 bridgehead atoms. The first-order valence-corrected chi connectivity index (χ1v) is 10.0. The van der Waals surface area contributed by atoms with Crippen molar-refractivity contribution in [3.63, 3.8) is 0 Å². The molecule has 2 rings (SSSR count). The topological polar surface area (TPSA) is 116 Å². The molecule has 0 aliphatic heterocycles. The van der Waals surface area contributed by atoms with E-state index < -0.39 is 34.3 Å². The van der Waals surface area contributed by atoms with Gasteiger partial charge in [-0.1, -0.05) is 12.1 Å². The van der Waals surface area contributed by atoms with E-state index in [4.69, 9.17) is 4.74 Å². The Morgan fingerprint density at radius 1 is 0.893 bits per heavy atom. The standard InChI is InChI=1S/C19H19NO7S/c1-26-18(22)14-5-3-13(4-6-14)11-20-17(21)12-27-19(23)15-7-9-16(10-8-15)28(2,24)25/h3-10H,11-12H2,1-2H3,(H,20,21). The van der Waals surface area contributed by atoms with Crippen molar-refractivity contribution in [3.05, 3.63) is 65.2 Å². The Morgan fingerprint density at radius 2 is 1.43 bits per heavy atom. The molecule has 0 unspecified atom stereocenters. The van der Waals surface area contributed by atoms with E-state index in [1.54, 1.807) is 24.3 Å². The Labute approximate surface area is 162 Å². The number of nitrogens with one attached hydrogen (secondary N) is 1. The third kappa shape index (κ3) is 5.92. The Balaban J connectivity index is 1.82. The highest BCUT2D eigenvalue weighted by atomic mass is 32.2. The number of methoxy groups -OCH3 is 1. The molecule has 9 heteroatoms. The first-order valence-electron chi connectivity index (χ1n) is 8.12. The van der Waals surface area contributed by atoms with Gasteiger partial charge in [0, 0.05) is 12.8 Å². The first kappa shape index (κ1) is 21.1. The summed E-state index contributed by atoms with van der Waals surface area (Å²) in [5.41, 5.74) is 1.29. The van der Waals surface area contributed by atoms with Crippen molar-refractivity contribution in [2.24, 2.45) is 0 Å². The van der Waals surface area contributed by atoms with Crippen molar-refractivity contribution in [3.8, 4) is 0 Å². The number of esters is 2. The number of carbonyl (C=O) groups excluding carboxylic acids is 3. The summed E-state index contributed by atoms with van der Waals surface area (Å²) in [4.78, 5) is 35.2. The number of amides is 1. The Bertz CT molecular complexity index is 964. The molecule has 0 radical (unpaired) electrons. The fourth-order valence-electron chi connectivity index (χ4n) is 2.18. The van der Waals surface area contributed by atoms with Crippen LogP contribution in [-0.4, -0.2) is 46.2 Å².